The van der Waals surface area contributed by atoms with Gasteiger partial charge in [-0.2, -0.15) is 0 Å². The van der Waals surface area contributed by atoms with Gasteiger partial charge in [0.1, 0.15) is 0 Å². The lowest BCUT2D eigenvalue weighted by molar-refractivity contribution is 0.100. The second kappa shape index (κ2) is 6.03. The normalized spacial score (nSPS) is 9.93. The Morgan fingerprint density at radius 3 is 3.00 bits per heavy atom. The van der Waals surface area contributed by atoms with Gasteiger partial charge in [0, 0.05) is 31.5 Å². The maximum atomic E-state index is 10.9. The molecule has 0 radical (unpaired) electrons. The van der Waals surface area contributed by atoms with Crippen molar-refractivity contribution in [3.05, 3.63) is 29.8 Å². The average molecular weight is 208 g/mol. The topological polar surface area (TPSA) is 64.3 Å². The Hall–Kier alpha value is -1.55. The van der Waals surface area contributed by atoms with Crippen LogP contribution >= 0.6 is 0 Å². The molecule has 0 atom stereocenters. The molecule has 0 spiro atoms. The summed E-state index contributed by atoms with van der Waals surface area (Å²) in [6.07, 6.45) is 0.928. The van der Waals surface area contributed by atoms with Crippen LogP contribution in [0, 0.1) is 0 Å². The third kappa shape index (κ3) is 3.99. The van der Waals surface area contributed by atoms with Crippen molar-refractivity contribution in [1.29, 1.82) is 0 Å². The van der Waals surface area contributed by atoms with Crippen molar-refractivity contribution in [3.8, 4) is 0 Å². The minimum absolute atomic E-state index is 0.407. The molecule has 0 saturated heterocycles. The maximum Gasteiger partial charge on any atom is 0.248 e. The molecule has 0 unspecified atom stereocenters. The minimum Gasteiger partial charge on any atom is -0.385 e. The Balaban J connectivity index is 2.47. The smallest absolute Gasteiger partial charge is 0.248 e. The second-order valence-electron chi connectivity index (χ2n) is 3.22. The fourth-order valence-corrected chi connectivity index (χ4v) is 1.23. The second-order valence-corrected chi connectivity index (χ2v) is 3.22. The molecule has 0 aromatic heterocycles. The number of carbonyl (C=O) groups excluding carboxylic acids is 1. The molecule has 1 rings (SSSR count). The van der Waals surface area contributed by atoms with Crippen molar-refractivity contribution in [2.75, 3.05) is 25.6 Å². The van der Waals surface area contributed by atoms with Crippen LogP contribution in [0.1, 0.15) is 16.8 Å². The molecular formula is C11H16N2O2. The molecule has 4 nitrogen and oxygen atoms in total. The van der Waals surface area contributed by atoms with E-state index in [9.17, 15) is 4.79 Å². The highest BCUT2D eigenvalue weighted by molar-refractivity contribution is 5.93. The molecule has 15 heavy (non-hydrogen) atoms. The summed E-state index contributed by atoms with van der Waals surface area (Å²) in [4.78, 5) is 10.9. The summed E-state index contributed by atoms with van der Waals surface area (Å²) in [7, 11) is 1.67. The van der Waals surface area contributed by atoms with Crippen LogP contribution in [0.5, 0.6) is 0 Å². The minimum atomic E-state index is -0.407. The number of methoxy groups -OCH3 is 1. The van der Waals surface area contributed by atoms with Crippen LogP contribution < -0.4 is 11.1 Å². The molecule has 0 fully saturated rings. The molecule has 3 N–H and O–H groups in total. The molecule has 4 heteroatoms. The van der Waals surface area contributed by atoms with Crippen LogP contribution in [0.3, 0.4) is 0 Å². The summed E-state index contributed by atoms with van der Waals surface area (Å²) in [5, 5.41) is 3.19. The molecule has 0 aliphatic heterocycles. The first kappa shape index (κ1) is 11.5. The predicted octanol–water partition coefficient (Wildman–Crippen LogP) is 1.23. The number of benzene rings is 1. The molecule has 0 saturated carbocycles. The van der Waals surface area contributed by atoms with Crippen molar-refractivity contribution in [1.82, 2.24) is 0 Å². The summed E-state index contributed by atoms with van der Waals surface area (Å²) in [5.74, 6) is -0.407. The van der Waals surface area contributed by atoms with E-state index in [1.54, 1.807) is 25.3 Å². The predicted molar refractivity (Wildman–Crippen MR) is 59.9 cm³/mol. The highest BCUT2D eigenvalue weighted by Crippen LogP contribution is 2.09. The lowest BCUT2D eigenvalue weighted by Gasteiger charge is -2.06. The van der Waals surface area contributed by atoms with Gasteiger partial charge in [-0.15, -0.1) is 0 Å². The fourth-order valence-electron chi connectivity index (χ4n) is 1.23. The Morgan fingerprint density at radius 2 is 2.33 bits per heavy atom. The van der Waals surface area contributed by atoms with Gasteiger partial charge in [-0.3, -0.25) is 4.79 Å². The molecule has 82 valence electrons. The molecule has 0 aliphatic rings. The van der Waals surface area contributed by atoms with Gasteiger partial charge in [-0.1, -0.05) is 6.07 Å². The van der Waals surface area contributed by atoms with Gasteiger partial charge in [0.05, 0.1) is 0 Å². The summed E-state index contributed by atoms with van der Waals surface area (Å²) in [6, 6.07) is 7.15. The lowest BCUT2D eigenvalue weighted by atomic mass is 10.2. The zero-order valence-corrected chi connectivity index (χ0v) is 8.82. The SMILES string of the molecule is COCCCNc1cccc(C(N)=O)c1. The number of ether oxygens (including phenoxy) is 1. The van der Waals surface area contributed by atoms with Gasteiger partial charge < -0.3 is 15.8 Å². The van der Waals surface area contributed by atoms with E-state index in [1.165, 1.54) is 0 Å². The van der Waals surface area contributed by atoms with Gasteiger partial charge in [0.2, 0.25) is 5.91 Å². The van der Waals surface area contributed by atoms with Crippen LogP contribution in [0.2, 0.25) is 0 Å². The van der Waals surface area contributed by atoms with Crippen molar-refractivity contribution in [3.63, 3.8) is 0 Å². The quantitative estimate of drug-likeness (QED) is 0.691. The number of anilines is 1. The van der Waals surface area contributed by atoms with Crippen LogP contribution in [-0.2, 0) is 4.74 Å². The Bertz CT molecular complexity index is 326. The number of hydrogen-bond donors (Lipinski definition) is 2. The third-order valence-corrected chi connectivity index (χ3v) is 2.00. The van der Waals surface area contributed by atoms with Gasteiger partial charge in [0.15, 0.2) is 0 Å². The van der Waals surface area contributed by atoms with E-state index in [-0.39, 0.29) is 0 Å². The van der Waals surface area contributed by atoms with Crippen molar-refractivity contribution < 1.29 is 9.53 Å². The number of carbonyl (C=O) groups is 1. The van der Waals surface area contributed by atoms with Crippen LogP contribution in [0.25, 0.3) is 0 Å². The molecular weight excluding hydrogens is 192 g/mol. The van der Waals surface area contributed by atoms with Crippen molar-refractivity contribution in [2.24, 2.45) is 5.73 Å². The van der Waals surface area contributed by atoms with E-state index in [1.807, 2.05) is 6.07 Å². The molecule has 1 aromatic carbocycles. The largest absolute Gasteiger partial charge is 0.385 e. The first-order valence-electron chi connectivity index (χ1n) is 4.86. The molecule has 1 aromatic rings. The highest BCUT2D eigenvalue weighted by Gasteiger charge is 2.00. The van der Waals surface area contributed by atoms with E-state index in [0.717, 1.165) is 25.3 Å². The van der Waals surface area contributed by atoms with E-state index in [0.29, 0.717) is 5.56 Å². The summed E-state index contributed by atoms with van der Waals surface area (Å²) in [5.41, 5.74) is 6.60. The zero-order chi connectivity index (χ0) is 11.1. The molecule has 0 aliphatic carbocycles. The Kier molecular flexibility index (Phi) is 4.63. The summed E-state index contributed by atoms with van der Waals surface area (Å²) in [6.45, 7) is 1.54. The van der Waals surface area contributed by atoms with Gasteiger partial charge in [0.25, 0.3) is 0 Å². The van der Waals surface area contributed by atoms with Crippen LogP contribution in [0.15, 0.2) is 24.3 Å². The maximum absolute atomic E-state index is 10.9. The number of hydrogen-bond acceptors (Lipinski definition) is 3. The van der Waals surface area contributed by atoms with Crippen LogP contribution in [0.4, 0.5) is 5.69 Å². The number of amides is 1. The number of nitrogens with one attached hydrogen (secondary N) is 1. The van der Waals surface area contributed by atoms with E-state index < -0.39 is 5.91 Å². The molecule has 1 amide bonds. The third-order valence-electron chi connectivity index (χ3n) is 2.00. The fraction of sp³-hybridized carbons (Fsp3) is 0.364. The monoisotopic (exact) mass is 208 g/mol. The first-order valence-corrected chi connectivity index (χ1v) is 4.86. The Labute approximate surface area is 89.4 Å². The van der Waals surface area contributed by atoms with Crippen LogP contribution in [-0.4, -0.2) is 26.2 Å². The summed E-state index contributed by atoms with van der Waals surface area (Å²) >= 11 is 0. The lowest BCUT2D eigenvalue weighted by Crippen LogP contribution is -2.11. The van der Waals surface area contributed by atoms with Crippen molar-refractivity contribution in [2.45, 2.75) is 6.42 Å². The summed E-state index contributed by atoms with van der Waals surface area (Å²) < 4.78 is 4.93. The van der Waals surface area contributed by atoms with Gasteiger partial charge in [-0.25, -0.2) is 0 Å². The van der Waals surface area contributed by atoms with Gasteiger partial charge in [-0.05, 0) is 24.6 Å². The zero-order valence-electron chi connectivity index (χ0n) is 8.82. The van der Waals surface area contributed by atoms with Crippen molar-refractivity contribution >= 4 is 11.6 Å². The number of rotatable bonds is 6. The van der Waals surface area contributed by atoms with E-state index >= 15 is 0 Å². The Morgan fingerprint density at radius 1 is 1.53 bits per heavy atom. The molecule has 0 heterocycles. The molecule has 0 bridgehead atoms. The standard InChI is InChI=1S/C11H16N2O2/c1-15-7-3-6-13-10-5-2-4-9(8-10)11(12)14/h2,4-5,8,13H,3,6-7H2,1H3,(H2,12,14). The van der Waals surface area contributed by atoms with E-state index in [4.69, 9.17) is 10.5 Å². The van der Waals surface area contributed by atoms with Gasteiger partial charge >= 0.3 is 0 Å². The first-order chi connectivity index (χ1) is 7.24. The number of nitrogens with two attached hydrogens (primary N) is 1. The van der Waals surface area contributed by atoms with E-state index in [2.05, 4.69) is 5.32 Å². The highest BCUT2D eigenvalue weighted by atomic mass is 16.5. The number of primary amides is 1. The average Bonchev–Trinajstić information content (AvgIpc) is 2.25.